The molecular formula is C22H32N6O. The van der Waals surface area contributed by atoms with Gasteiger partial charge in [0, 0.05) is 43.9 Å². The molecule has 2 aromatic rings. The standard InChI is InChI=1S/C22H32N6O/c1-26-12-6-20(7-13-26)27-14-4-19(5-15-27)17-28(16-18-2-8-23-9-3-18)22(29)21-24-10-11-25-21/h2-3,8-11,19-20H,4-7,12-17H2,1H3,(H,24,25). The SMILES string of the molecule is CN1CCC(N2CCC(CN(Cc3ccncc3)C(=O)c3ncc[nH]3)CC2)CC1. The van der Waals surface area contributed by atoms with Gasteiger partial charge in [-0.1, -0.05) is 0 Å². The molecule has 1 N–H and O–H groups in total. The van der Waals surface area contributed by atoms with E-state index in [1.165, 1.54) is 25.9 Å². The Morgan fingerprint density at radius 3 is 2.48 bits per heavy atom. The Balaban J connectivity index is 1.36. The number of piperidine rings is 2. The van der Waals surface area contributed by atoms with E-state index in [1.54, 1.807) is 24.8 Å². The van der Waals surface area contributed by atoms with Gasteiger partial charge in [0.25, 0.3) is 5.91 Å². The second kappa shape index (κ2) is 9.50. The number of amides is 1. The molecule has 2 aromatic heterocycles. The maximum atomic E-state index is 13.0. The van der Waals surface area contributed by atoms with Crippen molar-refractivity contribution in [3.05, 3.63) is 48.3 Å². The maximum absolute atomic E-state index is 13.0. The second-order valence-electron chi connectivity index (χ2n) is 8.49. The Bertz CT molecular complexity index is 749. The van der Waals surface area contributed by atoms with Gasteiger partial charge in [-0.25, -0.2) is 4.98 Å². The number of aromatic nitrogens is 3. The number of carbonyl (C=O) groups excluding carboxylic acids is 1. The summed E-state index contributed by atoms with van der Waals surface area (Å²) in [6.45, 7) is 6.10. The van der Waals surface area contributed by atoms with Crippen LogP contribution in [0.4, 0.5) is 0 Å². The summed E-state index contributed by atoms with van der Waals surface area (Å²) in [5.41, 5.74) is 1.10. The lowest BCUT2D eigenvalue weighted by atomic mass is 9.93. The number of aromatic amines is 1. The van der Waals surface area contributed by atoms with Gasteiger partial charge in [-0.05, 0) is 82.5 Å². The summed E-state index contributed by atoms with van der Waals surface area (Å²) in [6, 6.07) is 4.70. The Labute approximate surface area is 173 Å². The summed E-state index contributed by atoms with van der Waals surface area (Å²) in [4.78, 5) is 31.3. The lowest BCUT2D eigenvalue weighted by Gasteiger charge is -2.41. The Kier molecular flexibility index (Phi) is 6.56. The third kappa shape index (κ3) is 5.22. The fraction of sp³-hybridized carbons (Fsp3) is 0.591. The van der Waals surface area contributed by atoms with Crippen molar-refractivity contribution < 1.29 is 4.79 Å². The minimum Gasteiger partial charge on any atom is -0.341 e. The smallest absolute Gasteiger partial charge is 0.289 e. The van der Waals surface area contributed by atoms with Crippen molar-refractivity contribution in [1.82, 2.24) is 29.7 Å². The first kappa shape index (κ1) is 20.0. The minimum absolute atomic E-state index is 0.0236. The molecule has 7 heteroatoms. The molecule has 0 saturated carbocycles. The van der Waals surface area contributed by atoms with Crippen LogP contribution in [0.3, 0.4) is 0 Å². The van der Waals surface area contributed by atoms with E-state index in [0.717, 1.165) is 44.1 Å². The van der Waals surface area contributed by atoms with Crippen molar-refractivity contribution in [1.29, 1.82) is 0 Å². The van der Waals surface area contributed by atoms with Crippen LogP contribution in [-0.4, -0.2) is 81.4 Å². The molecule has 4 heterocycles. The summed E-state index contributed by atoms with van der Waals surface area (Å²) < 4.78 is 0. The van der Waals surface area contributed by atoms with Crippen molar-refractivity contribution in [2.45, 2.75) is 38.3 Å². The van der Waals surface area contributed by atoms with Gasteiger partial charge >= 0.3 is 0 Å². The lowest BCUT2D eigenvalue weighted by Crippen LogP contribution is -2.48. The molecule has 1 amide bonds. The first-order valence-corrected chi connectivity index (χ1v) is 10.8. The van der Waals surface area contributed by atoms with Crippen molar-refractivity contribution in [2.75, 3.05) is 39.8 Å². The van der Waals surface area contributed by atoms with E-state index >= 15 is 0 Å². The van der Waals surface area contributed by atoms with E-state index in [2.05, 4.69) is 31.8 Å². The predicted octanol–water partition coefficient (Wildman–Crippen LogP) is 2.25. The maximum Gasteiger partial charge on any atom is 0.289 e. The fourth-order valence-corrected chi connectivity index (χ4v) is 4.63. The van der Waals surface area contributed by atoms with Crippen LogP contribution in [0.15, 0.2) is 36.9 Å². The number of nitrogens with zero attached hydrogens (tertiary/aromatic N) is 5. The molecule has 7 nitrogen and oxygen atoms in total. The molecule has 156 valence electrons. The van der Waals surface area contributed by atoms with Crippen molar-refractivity contribution in [2.24, 2.45) is 5.92 Å². The van der Waals surface area contributed by atoms with Gasteiger partial charge < -0.3 is 19.7 Å². The number of hydrogen-bond acceptors (Lipinski definition) is 5. The van der Waals surface area contributed by atoms with E-state index in [4.69, 9.17) is 0 Å². The van der Waals surface area contributed by atoms with Crippen LogP contribution in [0.2, 0.25) is 0 Å². The molecule has 29 heavy (non-hydrogen) atoms. The van der Waals surface area contributed by atoms with E-state index < -0.39 is 0 Å². The highest BCUT2D eigenvalue weighted by molar-refractivity contribution is 5.90. The van der Waals surface area contributed by atoms with Crippen LogP contribution in [-0.2, 0) is 6.54 Å². The number of imidazole rings is 1. The van der Waals surface area contributed by atoms with Gasteiger partial charge in [-0.15, -0.1) is 0 Å². The van der Waals surface area contributed by atoms with Crippen molar-refractivity contribution >= 4 is 5.91 Å². The molecule has 4 rings (SSSR count). The Morgan fingerprint density at radius 2 is 1.83 bits per heavy atom. The number of hydrogen-bond donors (Lipinski definition) is 1. The van der Waals surface area contributed by atoms with Crippen molar-refractivity contribution in [3.8, 4) is 0 Å². The molecule has 2 fully saturated rings. The zero-order valence-electron chi connectivity index (χ0n) is 17.3. The minimum atomic E-state index is -0.0236. The summed E-state index contributed by atoms with van der Waals surface area (Å²) >= 11 is 0. The van der Waals surface area contributed by atoms with Crippen LogP contribution in [0.1, 0.15) is 41.9 Å². The third-order valence-electron chi connectivity index (χ3n) is 6.44. The summed E-state index contributed by atoms with van der Waals surface area (Å²) in [6.07, 6.45) is 11.8. The van der Waals surface area contributed by atoms with E-state index in [0.29, 0.717) is 18.3 Å². The van der Waals surface area contributed by atoms with Gasteiger partial charge in [-0.2, -0.15) is 0 Å². The first-order chi connectivity index (χ1) is 14.2. The average molecular weight is 397 g/mol. The average Bonchev–Trinajstić information content (AvgIpc) is 3.30. The van der Waals surface area contributed by atoms with Crippen LogP contribution in [0.25, 0.3) is 0 Å². The first-order valence-electron chi connectivity index (χ1n) is 10.8. The lowest BCUT2D eigenvalue weighted by molar-refractivity contribution is 0.0579. The van der Waals surface area contributed by atoms with Crippen LogP contribution < -0.4 is 0 Å². The van der Waals surface area contributed by atoms with Crippen LogP contribution in [0.5, 0.6) is 0 Å². The molecule has 0 radical (unpaired) electrons. The molecule has 2 aliphatic heterocycles. The quantitative estimate of drug-likeness (QED) is 0.811. The Morgan fingerprint density at radius 1 is 1.10 bits per heavy atom. The molecule has 2 aliphatic rings. The van der Waals surface area contributed by atoms with Gasteiger partial charge in [0.05, 0.1) is 0 Å². The van der Waals surface area contributed by atoms with Gasteiger partial charge in [-0.3, -0.25) is 9.78 Å². The molecule has 0 spiro atoms. The van der Waals surface area contributed by atoms with Gasteiger partial charge in [0.1, 0.15) is 0 Å². The highest BCUT2D eigenvalue weighted by Crippen LogP contribution is 2.25. The topological polar surface area (TPSA) is 68.4 Å². The normalized spacial score (nSPS) is 20.0. The van der Waals surface area contributed by atoms with Gasteiger partial charge in [0.2, 0.25) is 0 Å². The van der Waals surface area contributed by atoms with E-state index in [9.17, 15) is 4.79 Å². The predicted molar refractivity (Wildman–Crippen MR) is 112 cm³/mol. The number of carbonyl (C=O) groups is 1. The highest BCUT2D eigenvalue weighted by Gasteiger charge is 2.29. The molecule has 0 atom stereocenters. The number of rotatable bonds is 6. The summed E-state index contributed by atoms with van der Waals surface area (Å²) in [7, 11) is 2.22. The second-order valence-corrected chi connectivity index (χ2v) is 8.49. The van der Waals surface area contributed by atoms with Gasteiger partial charge in [0.15, 0.2) is 5.82 Å². The van der Waals surface area contributed by atoms with Crippen molar-refractivity contribution in [3.63, 3.8) is 0 Å². The number of likely N-dealkylation sites (tertiary alicyclic amines) is 2. The number of nitrogens with one attached hydrogen (secondary N) is 1. The third-order valence-corrected chi connectivity index (χ3v) is 6.44. The largest absolute Gasteiger partial charge is 0.341 e. The Hall–Kier alpha value is -2.25. The number of pyridine rings is 1. The fourth-order valence-electron chi connectivity index (χ4n) is 4.63. The highest BCUT2D eigenvalue weighted by atomic mass is 16.2. The molecule has 2 saturated heterocycles. The summed E-state index contributed by atoms with van der Waals surface area (Å²) in [5, 5.41) is 0. The van der Waals surface area contributed by atoms with Crippen LogP contribution in [0, 0.1) is 5.92 Å². The molecule has 0 aromatic carbocycles. The zero-order chi connectivity index (χ0) is 20.1. The van der Waals surface area contributed by atoms with Crippen LogP contribution >= 0.6 is 0 Å². The molecular weight excluding hydrogens is 364 g/mol. The summed E-state index contributed by atoms with van der Waals surface area (Å²) in [5.74, 6) is 0.936. The monoisotopic (exact) mass is 396 g/mol. The zero-order valence-corrected chi connectivity index (χ0v) is 17.3. The number of H-pyrrole nitrogens is 1. The molecule has 0 bridgehead atoms. The van der Waals surface area contributed by atoms with E-state index in [-0.39, 0.29) is 5.91 Å². The molecule has 0 aliphatic carbocycles. The molecule has 0 unspecified atom stereocenters. The van der Waals surface area contributed by atoms with E-state index in [1.807, 2.05) is 17.0 Å².